The molecule has 2 aromatic rings. The van der Waals surface area contributed by atoms with Crippen LogP contribution in [0.2, 0.25) is 0 Å². The zero-order valence-corrected chi connectivity index (χ0v) is 14.7. The van der Waals surface area contributed by atoms with Gasteiger partial charge in [0.25, 0.3) is 11.8 Å². The summed E-state index contributed by atoms with van der Waals surface area (Å²) in [6, 6.07) is 9.03. The predicted octanol–water partition coefficient (Wildman–Crippen LogP) is 1.83. The second-order valence-corrected chi connectivity index (χ2v) is 6.49. The molecular formula is C19H24N4O3. The van der Waals surface area contributed by atoms with Gasteiger partial charge in [0.2, 0.25) is 0 Å². The summed E-state index contributed by atoms with van der Waals surface area (Å²) in [7, 11) is 0. The molecule has 26 heavy (non-hydrogen) atoms. The first-order chi connectivity index (χ1) is 12.6. The number of hydrogen-bond acceptors (Lipinski definition) is 4. The number of benzene rings is 1. The van der Waals surface area contributed by atoms with Crippen LogP contribution in [0.5, 0.6) is 5.75 Å². The number of primary amides is 1. The Kier molecular flexibility index (Phi) is 5.88. The molecule has 2 amide bonds. The molecule has 1 unspecified atom stereocenters. The van der Waals surface area contributed by atoms with E-state index < -0.39 is 5.91 Å². The molecule has 1 aromatic carbocycles. The Bertz CT molecular complexity index is 745. The van der Waals surface area contributed by atoms with E-state index in [9.17, 15) is 9.59 Å². The number of amides is 2. The van der Waals surface area contributed by atoms with Crippen LogP contribution in [0.3, 0.4) is 0 Å². The van der Waals surface area contributed by atoms with Crippen molar-refractivity contribution in [3.05, 3.63) is 48.3 Å². The monoisotopic (exact) mass is 356 g/mol. The van der Waals surface area contributed by atoms with Crippen molar-refractivity contribution in [1.82, 2.24) is 14.7 Å². The average Bonchev–Trinajstić information content (AvgIpc) is 3.18. The van der Waals surface area contributed by atoms with Gasteiger partial charge in [-0.15, -0.1) is 0 Å². The van der Waals surface area contributed by atoms with Gasteiger partial charge in [-0.1, -0.05) is 6.07 Å². The van der Waals surface area contributed by atoms with Crippen molar-refractivity contribution in [2.45, 2.75) is 38.3 Å². The lowest BCUT2D eigenvalue weighted by Crippen LogP contribution is -2.44. The molecule has 1 atom stereocenters. The molecule has 1 fully saturated rings. The highest BCUT2D eigenvalue weighted by atomic mass is 16.5. The quantitative estimate of drug-likeness (QED) is 0.819. The molecule has 1 saturated heterocycles. The van der Waals surface area contributed by atoms with E-state index in [0.717, 1.165) is 38.8 Å². The van der Waals surface area contributed by atoms with Crippen LogP contribution in [0.4, 0.5) is 0 Å². The van der Waals surface area contributed by atoms with Crippen LogP contribution in [0.15, 0.2) is 42.7 Å². The number of carbonyl (C=O) groups is 2. The van der Waals surface area contributed by atoms with Gasteiger partial charge in [0.15, 0.2) is 6.61 Å². The predicted molar refractivity (Wildman–Crippen MR) is 96.7 cm³/mol. The maximum absolute atomic E-state index is 13.0. The van der Waals surface area contributed by atoms with E-state index in [1.165, 1.54) is 0 Å². The number of likely N-dealkylation sites (tertiary alicyclic amines) is 1. The number of aromatic nitrogens is 2. The number of ether oxygens (including phenoxy) is 1. The fourth-order valence-electron chi connectivity index (χ4n) is 3.32. The van der Waals surface area contributed by atoms with Crippen molar-refractivity contribution in [3.63, 3.8) is 0 Å². The number of hydrogen-bond donors (Lipinski definition) is 1. The van der Waals surface area contributed by atoms with Gasteiger partial charge in [-0.05, 0) is 49.9 Å². The lowest BCUT2D eigenvalue weighted by atomic mass is 9.98. The van der Waals surface area contributed by atoms with Crippen LogP contribution in [-0.4, -0.2) is 45.7 Å². The van der Waals surface area contributed by atoms with Gasteiger partial charge < -0.3 is 15.4 Å². The van der Waals surface area contributed by atoms with Crippen LogP contribution < -0.4 is 10.5 Å². The fourth-order valence-corrected chi connectivity index (χ4v) is 3.32. The molecule has 1 aliphatic heterocycles. The summed E-state index contributed by atoms with van der Waals surface area (Å²) in [6.07, 6.45) is 7.74. The summed E-state index contributed by atoms with van der Waals surface area (Å²) in [4.78, 5) is 25.8. The van der Waals surface area contributed by atoms with E-state index >= 15 is 0 Å². The lowest BCUT2D eigenvalue weighted by molar-refractivity contribution is -0.119. The van der Waals surface area contributed by atoms with Crippen molar-refractivity contribution in [2.24, 2.45) is 5.73 Å². The van der Waals surface area contributed by atoms with Crippen LogP contribution in [0.1, 0.15) is 36.0 Å². The van der Waals surface area contributed by atoms with Gasteiger partial charge in [0.05, 0.1) is 0 Å². The fraction of sp³-hybridized carbons (Fsp3) is 0.421. The van der Waals surface area contributed by atoms with Gasteiger partial charge in [-0.3, -0.25) is 14.3 Å². The molecule has 1 aromatic heterocycles. The number of piperidine rings is 1. The van der Waals surface area contributed by atoms with Gasteiger partial charge in [-0.2, -0.15) is 5.10 Å². The highest BCUT2D eigenvalue weighted by molar-refractivity contribution is 5.95. The minimum Gasteiger partial charge on any atom is -0.484 e. The third-order valence-electron chi connectivity index (χ3n) is 4.60. The molecule has 0 radical (unpaired) electrons. The number of rotatable bonds is 7. The van der Waals surface area contributed by atoms with Crippen molar-refractivity contribution >= 4 is 11.8 Å². The summed E-state index contributed by atoms with van der Waals surface area (Å²) >= 11 is 0. The van der Waals surface area contributed by atoms with Crippen LogP contribution in [0.25, 0.3) is 0 Å². The lowest BCUT2D eigenvalue weighted by Gasteiger charge is -2.36. The van der Waals surface area contributed by atoms with Crippen LogP contribution in [0, 0.1) is 0 Å². The molecule has 7 heteroatoms. The summed E-state index contributed by atoms with van der Waals surface area (Å²) in [6.45, 7) is 1.35. The summed E-state index contributed by atoms with van der Waals surface area (Å²) in [5, 5.41) is 4.23. The van der Waals surface area contributed by atoms with Gasteiger partial charge in [-0.25, -0.2) is 0 Å². The number of nitrogens with two attached hydrogens (primary N) is 1. The largest absolute Gasteiger partial charge is 0.484 e. The molecule has 0 saturated carbocycles. The zero-order valence-electron chi connectivity index (χ0n) is 14.7. The van der Waals surface area contributed by atoms with E-state index in [-0.39, 0.29) is 18.6 Å². The molecule has 0 spiro atoms. The van der Waals surface area contributed by atoms with E-state index in [1.807, 2.05) is 21.8 Å². The Morgan fingerprint density at radius 3 is 2.92 bits per heavy atom. The molecule has 0 aliphatic carbocycles. The first-order valence-electron chi connectivity index (χ1n) is 8.93. The Morgan fingerprint density at radius 2 is 2.15 bits per heavy atom. The summed E-state index contributed by atoms with van der Waals surface area (Å²) in [5.41, 5.74) is 5.67. The zero-order chi connectivity index (χ0) is 18.4. The number of aryl methyl sites for hydroxylation is 1. The van der Waals surface area contributed by atoms with Crippen LogP contribution >= 0.6 is 0 Å². The normalized spacial score (nSPS) is 17.1. The van der Waals surface area contributed by atoms with Crippen LogP contribution in [-0.2, 0) is 11.3 Å². The average molecular weight is 356 g/mol. The van der Waals surface area contributed by atoms with E-state index in [4.69, 9.17) is 10.5 Å². The first-order valence-corrected chi connectivity index (χ1v) is 8.93. The Hall–Kier alpha value is -2.83. The smallest absolute Gasteiger partial charge is 0.255 e. The topological polar surface area (TPSA) is 90.5 Å². The molecule has 138 valence electrons. The number of carbonyl (C=O) groups excluding carboxylic acids is 2. The second kappa shape index (κ2) is 8.51. The third kappa shape index (κ3) is 4.62. The molecule has 3 rings (SSSR count). The van der Waals surface area contributed by atoms with E-state index in [2.05, 4.69) is 5.10 Å². The third-order valence-corrected chi connectivity index (χ3v) is 4.60. The van der Waals surface area contributed by atoms with Gasteiger partial charge >= 0.3 is 0 Å². The minimum atomic E-state index is -0.545. The molecule has 7 nitrogen and oxygen atoms in total. The molecule has 2 heterocycles. The van der Waals surface area contributed by atoms with Crippen molar-refractivity contribution in [1.29, 1.82) is 0 Å². The minimum absolute atomic E-state index is 0.000287. The van der Waals surface area contributed by atoms with Gasteiger partial charge in [0.1, 0.15) is 5.75 Å². The van der Waals surface area contributed by atoms with Crippen molar-refractivity contribution in [2.75, 3.05) is 13.2 Å². The molecule has 0 bridgehead atoms. The maximum Gasteiger partial charge on any atom is 0.255 e. The Balaban J connectivity index is 1.67. The van der Waals surface area contributed by atoms with E-state index in [0.29, 0.717) is 11.3 Å². The maximum atomic E-state index is 13.0. The SMILES string of the molecule is NC(=O)COc1cccc(C(=O)N2CCCCC2CCn2cccn2)c1. The number of nitrogens with zero attached hydrogens (tertiary/aromatic N) is 3. The molecular weight excluding hydrogens is 332 g/mol. The molecule has 2 N–H and O–H groups in total. The first kappa shape index (κ1) is 18.0. The van der Waals surface area contributed by atoms with Crippen molar-refractivity contribution < 1.29 is 14.3 Å². The summed E-state index contributed by atoms with van der Waals surface area (Å²) in [5.74, 6) is -0.0733. The molecule has 1 aliphatic rings. The highest BCUT2D eigenvalue weighted by Crippen LogP contribution is 2.24. The highest BCUT2D eigenvalue weighted by Gasteiger charge is 2.27. The Morgan fingerprint density at radius 1 is 1.27 bits per heavy atom. The van der Waals surface area contributed by atoms with Gasteiger partial charge in [0, 0.05) is 37.1 Å². The standard InChI is InChI=1S/C19H24N4O3/c20-18(24)14-26-17-7-3-5-15(13-17)19(25)23-11-2-1-6-16(23)8-12-22-10-4-9-21-22/h3-5,7,9-10,13,16H,1-2,6,8,11-12,14H2,(H2,20,24). The van der Waals surface area contributed by atoms with Crippen molar-refractivity contribution in [3.8, 4) is 5.75 Å². The second-order valence-electron chi connectivity index (χ2n) is 6.49. The Labute approximate surface area is 152 Å². The summed E-state index contributed by atoms with van der Waals surface area (Å²) < 4.78 is 7.21. The van der Waals surface area contributed by atoms with E-state index in [1.54, 1.807) is 30.5 Å².